The SMILES string of the molecule is CCC(=O)C(CC)=C(C)N. The van der Waals surface area contributed by atoms with Gasteiger partial charge in [0, 0.05) is 17.7 Å². The summed E-state index contributed by atoms with van der Waals surface area (Å²) in [6.07, 6.45) is 1.30. The third-order valence-electron chi connectivity index (χ3n) is 1.49. The lowest BCUT2D eigenvalue weighted by molar-refractivity contribution is -0.115. The molecule has 0 fully saturated rings. The molecule has 0 aliphatic rings. The summed E-state index contributed by atoms with van der Waals surface area (Å²) < 4.78 is 0. The monoisotopic (exact) mass is 141 g/mol. The Kier molecular flexibility index (Phi) is 3.77. The number of carbonyl (C=O) groups excluding carboxylic acids is 1. The van der Waals surface area contributed by atoms with Gasteiger partial charge in [-0.05, 0) is 13.3 Å². The van der Waals surface area contributed by atoms with Gasteiger partial charge in [-0.25, -0.2) is 0 Å². The highest BCUT2D eigenvalue weighted by Crippen LogP contribution is 2.07. The number of rotatable bonds is 3. The van der Waals surface area contributed by atoms with Crippen LogP contribution in [0.5, 0.6) is 0 Å². The molecule has 2 N–H and O–H groups in total. The molecule has 0 aliphatic carbocycles. The van der Waals surface area contributed by atoms with Crippen LogP contribution in [0.1, 0.15) is 33.6 Å². The highest BCUT2D eigenvalue weighted by atomic mass is 16.1. The molecule has 0 aliphatic heterocycles. The standard InChI is InChI=1S/C8H15NO/c1-4-7(6(3)9)8(10)5-2/h4-5,9H2,1-3H3. The predicted molar refractivity (Wildman–Crippen MR) is 42.5 cm³/mol. The normalized spacial score (nSPS) is 12.7. The van der Waals surface area contributed by atoms with Gasteiger partial charge in [-0.1, -0.05) is 13.8 Å². The molecule has 2 nitrogen and oxygen atoms in total. The summed E-state index contributed by atoms with van der Waals surface area (Å²) in [5.74, 6) is 0.169. The smallest absolute Gasteiger partial charge is 0.160 e. The van der Waals surface area contributed by atoms with Crippen LogP contribution in [0, 0.1) is 0 Å². The van der Waals surface area contributed by atoms with Crippen molar-refractivity contribution in [1.29, 1.82) is 0 Å². The van der Waals surface area contributed by atoms with Crippen LogP contribution in [0.15, 0.2) is 11.3 Å². The number of carbonyl (C=O) groups is 1. The first-order valence-electron chi connectivity index (χ1n) is 3.61. The van der Waals surface area contributed by atoms with Crippen molar-refractivity contribution >= 4 is 5.78 Å². The van der Waals surface area contributed by atoms with Crippen LogP contribution in [-0.2, 0) is 4.79 Å². The van der Waals surface area contributed by atoms with E-state index in [9.17, 15) is 4.79 Å². The minimum Gasteiger partial charge on any atom is -0.402 e. The largest absolute Gasteiger partial charge is 0.402 e. The number of ketones is 1. The first-order valence-corrected chi connectivity index (χ1v) is 3.61. The molecule has 0 saturated heterocycles. The molecular weight excluding hydrogens is 126 g/mol. The molecule has 0 saturated carbocycles. The van der Waals surface area contributed by atoms with Gasteiger partial charge in [0.2, 0.25) is 0 Å². The van der Waals surface area contributed by atoms with Crippen LogP contribution < -0.4 is 5.73 Å². The van der Waals surface area contributed by atoms with E-state index in [1.807, 2.05) is 13.8 Å². The lowest BCUT2D eigenvalue weighted by Crippen LogP contribution is -2.07. The summed E-state index contributed by atoms with van der Waals surface area (Å²) in [5, 5.41) is 0. The molecule has 0 atom stereocenters. The number of allylic oxidation sites excluding steroid dienone is 2. The lowest BCUT2D eigenvalue weighted by atomic mass is 10.1. The molecule has 0 aromatic heterocycles. The molecule has 0 radical (unpaired) electrons. The van der Waals surface area contributed by atoms with E-state index in [0.29, 0.717) is 12.1 Å². The zero-order valence-electron chi connectivity index (χ0n) is 6.90. The van der Waals surface area contributed by atoms with E-state index >= 15 is 0 Å². The Bertz CT molecular complexity index is 155. The van der Waals surface area contributed by atoms with Gasteiger partial charge in [-0.15, -0.1) is 0 Å². The summed E-state index contributed by atoms with van der Waals surface area (Å²) in [4.78, 5) is 11.0. The average Bonchev–Trinajstić information content (AvgIpc) is 1.88. The van der Waals surface area contributed by atoms with E-state index in [4.69, 9.17) is 5.73 Å². The van der Waals surface area contributed by atoms with Crippen LogP contribution in [0.2, 0.25) is 0 Å². The van der Waals surface area contributed by atoms with Crippen molar-refractivity contribution < 1.29 is 4.79 Å². The molecule has 0 unspecified atom stereocenters. The third-order valence-corrected chi connectivity index (χ3v) is 1.49. The van der Waals surface area contributed by atoms with Crippen molar-refractivity contribution in [3.63, 3.8) is 0 Å². The molecule has 0 rings (SSSR count). The fraction of sp³-hybridized carbons (Fsp3) is 0.625. The number of hydrogen-bond acceptors (Lipinski definition) is 2. The Morgan fingerprint density at radius 2 is 1.80 bits per heavy atom. The van der Waals surface area contributed by atoms with E-state index in [1.54, 1.807) is 6.92 Å². The number of Topliss-reactive ketones (excluding diaryl/α,β-unsaturated/α-hetero) is 1. The molecule has 0 amide bonds. The van der Waals surface area contributed by atoms with E-state index < -0.39 is 0 Å². The molecule has 0 aromatic rings. The maximum atomic E-state index is 11.0. The van der Waals surface area contributed by atoms with Crippen LogP contribution in [0.3, 0.4) is 0 Å². The fourth-order valence-electron chi connectivity index (χ4n) is 0.909. The second-order valence-electron chi connectivity index (χ2n) is 2.29. The molecule has 10 heavy (non-hydrogen) atoms. The quantitative estimate of drug-likeness (QED) is 0.607. The Balaban J connectivity index is 4.37. The highest BCUT2D eigenvalue weighted by Gasteiger charge is 2.05. The second-order valence-corrected chi connectivity index (χ2v) is 2.29. The van der Waals surface area contributed by atoms with Crippen molar-refractivity contribution in [2.24, 2.45) is 5.73 Å². The van der Waals surface area contributed by atoms with Gasteiger partial charge < -0.3 is 5.73 Å². The predicted octanol–water partition coefficient (Wildman–Crippen LogP) is 1.61. The fourth-order valence-corrected chi connectivity index (χ4v) is 0.909. The van der Waals surface area contributed by atoms with E-state index in [0.717, 1.165) is 12.0 Å². The maximum absolute atomic E-state index is 11.0. The Hall–Kier alpha value is -0.790. The van der Waals surface area contributed by atoms with Gasteiger partial charge in [-0.2, -0.15) is 0 Å². The van der Waals surface area contributed by atoms with Gasteiger partial charge in [0.1, 0.15) is 0 Å². The summed E-state index contributed by atoms with van der Waals surface area (Å²) >= 11 is 0. The third kappa shape index (κ3) is 2.21. The first-order chi connectivity index (χ1) is 4.63. The van der Waals surface area contributed by atoms with Gasteiger partial charge in [0.25, 0.3) is 0 Å². The summed E-state index contributed by atoms with van der Waals surface area (Å²) in [6.45, 7) is 5.56. The summed E-state index contributed by atoms with van der Waals surface area (Å²) in [7, 11) is 0. The highest BCUT2D eigenvalue weighted by molar-refractivity contribution is 5.95. The van der Waals surface area contributed by atoms with Crippen molar-refractivity contribution in [2.45, 2.75) is 33.6 Å². The molecule has 0 aromatic carbocycles. The molecule has 2 heteroatoms. The Morgan fingerprint density at radius 3 is 1.90 bits per heavy atom. The lowest BCUT2D eigenvalue weighted by Gasteiger charge is -2.02. The van der Waals surface area contributed by atoms with Crippen molar-refractivity contribution in [2.75, 3.05) is 0 Å². The van der Waals surface area contributed by atoms with E-state index in [-0.39, 0.29) is 5.78 Å². The van der Waals surface area contributed by atoms with Gasteiger partial charge in [-0.3, -0.25) is 4.79 Å². The van der Waals surface area contributed by atoms with Crippen LogP contribution >= 0.6 is 0 Å². The van der Waals surface area contributed by atoms with Crippen molar-refractivity contribution in [1.82, 2.24) is 0 Å². The van der Waals surface area contributed by atoms with Crippen LogP contribution in [-0.4, -0.2) is 5.78 Å². The van der Waals surface area contributed by atoms with E-state index in [1.165, 1.54) is 0 Å². The van der Waals surface area contributed by atoms with Crippen molar-refractivity contribution in [3.05, 3.63) is 11.3 Å². The van der Waals surface area contributed by atoms with Gasteiger partial charge in [0.15, 0.2) is 5.78 Å². The molecule has 0 bridgehead atoms. The van der Waals surface area contributed by atoms with Gasteiger partial charge in [0.05, 0.1) is 0 Å². The van der Waals surface area contributed by atoms with E-state index in [2.05, 4.69) is 0 Å². The Morgan fingerprint density at radius 1 is 1.30 bits per heavy atom. The summed E-state index contributed by atoms with van der Waals surface area (Å²) in [5.41, 5.74) is 6.92. The van der Waals surface area contributed by atoms with Gasteiger partial charge >= 0.3 is 0 Å². The average molecular weight is 141 g/mol. The van der Waals surface area contributed by atoms with Crippen molar-refractivity contribution in [3.8, 4) is 0 Å². The number of hydrogen-bond donors (Lipinski definition) is 1. The molecule has 58 valence electrons. The molecule has 0 heterocycles. The number of nitrogens with two attached hydrogens (primary N) is 1. The Labute approximate surface area is 62.1 Å². The summed E-state index contributed by atoms with van der Waals surface area (Å²) in [6, 6.07) is 0. The minimum absolute atomic E-state index is 0.169. The molecular formula is C8H15NO. The minimum atomic E-state index is 0.169. The zero-order chi connectivity index (χ0) is 8.15. The van der Waals surface area contributed by atoms with Crippen LogP contribution in [0.25, 0.3) is 0 Å². The topological polar surface area (TPSA) is 43.1 Å². The van der Waals surface area contributed by atoms with Crippen LogP contribution in [0.4, 0.5) is 0 Å². The molecule has 0 spiro atoms. The first kappa shape index (κ1) is 9.21. The zero-order valence-corrected chi connectivity index (χ0v) is 6.90. The second kappa shape index (κ2) is 4.09. The maximum Gasteiger partial charge on any atom is 0.160 e.